The summed E-state index contributed by atoms with van der Waals surface area (Å²) in [5.41, 5.74) is 3.89. The molecule has 2 N–H and O–H groups in total. The summed E-state index contributed by atoms with van der Waals surface area (Å²) in [5.74, 6) is 0.580. The number of imidazole rings is 1. The maximum absolute atomic E-state index is 12.4. The molecule has 4 aromatic rings. The number of benzene rings is 2. The molecule has 0 spiro atoms. The highest BCUT2D eigenvalue weighted by Gasteiger charge is 2.11. The zero-order valence-corrected chi connectivity index (χ0v) is 14.6. The van der Waals surface area contributed by atoms with Crippen LogP contribution in [0.5, 0.6) is 0 Å². The van der Waals surface area contributed by atoms with Crippen LogP contribution >= 0.6 is 15.9 Å². The van der Waals surface area contributed by atoms with Crippen LogP contribution < -0.4 is 5.32 Å². The Morgan fingerprint density at radius 1 is 1.08 bits per heavy atom. The minimum absolute atomic E-state index is 0.168. The van der Waals surface area contributed by atoms with Gasteiger partial charge in [-0.05, 0) is 58.4 Å². The second-order valence-corrected chi connectivity index (χ2v) is 6.35. The Hall–Kier alpha value is -2.99. The normalized spacial score (nSPS) is 10.8. The van der Waals surface area contributed by atoms with Crippen LogP contribution in [0.3, 0.4) is 0 Å². The van der Waals surface area contributed by atoms with E-state index in [1.165, 1.54) is 0 Å². The lowest BCUT2D eigenvalue weighted by molar-refractivity contribution is 0.102. The summed E-state index contributed by atoms with van der Waals surface area (Å²) < 4.78 is 0.758. The summed E-state index contributed by atoms with van der Waals surface area (Å²) in [6.07, 6.45) is 3.48. The summed E-state index contributed by atoms with van der Waals surface area (Å²) in [6, 6.07) is 16.7. The fourth-order valence-corrected chi connectivity index (χ4v) is 3.04. The van der Waals surface area contributed by atoms with E-state index in [2.05, 4.69) is 36.2 Å². The van der Waals surface area contributed by atoms with E-state index < -0.39 is 0 Å². The van der Waals surface area contributed by atoms with E-state index in [0.29, 0.717) is 11.3 Å². The number of rotatable bonds is 3. The average molecular weight is 393 g/mol. The number of pyridine rings is 1. The number of H-pyrrole nitrogens is 1. The predicted molar refractivity (Wildman–Crippen MR) is 101 cm³/mol. The van der Waals surface area contributed by atoms with E-state index in [4.69, 9.17) is 0 Å². The number of carbonyl (C=O) groups is 1. The van der Waals surface area contributed by atoms with Gasteiger partial charge in [-0.15, -0.1) is 0 Å². The molecule has 0 bridgehead atoms. The van der Waals surface area contributed by atoms with Gasteiger partial charge in [0.15, 0.2) is 0 Å². The summed E-state index contributed by atoms with van der Waals surface area (Å²) >= 11 is 3.40. The Bertz CT molecular complexity index is 1060. The molecular formula is C19H13BrN4O. The molecule has 0 fully saturated rings. The second-order valence-electron chi connectivity index (χ2n) is 5.49. The Labute approximate surface area is 152 Å². The van der Waals surface area contributed by atoms with Gasteiger partial charge >= 0.3 is 0 Å². The van der Waals surface area contributed by atoms with Crippen LogP contribution in [0.15, 0.2) is 71.5 Å². The van der Waals surface area contributed by atoms with Gasteiger partial charge in [0.25, 0.3) is 5.91 Å². The van der Waals surface area contributed by atoms with Crippen molar-refractivity contribution in [2.24, 2.45) is 0 Å². The Morgan fingerprint density at radius 2 is 1.96 bits per heavy atom. The van der Waals surface area contributed by atoms with Crippen molar-refractivity contribution in [3.8, 4) is 11.4 Å². The van der Waals surface area contributed by atoms with Crippen LogP contribution in [-0.4, -0.2) is 20.9 Å². The van der Waals surface area contributed by atoms with Gasteiger partial charge in [-0.2, -0.15) is 0 Å². The first-order chi connectivity index (χ1) is 12.2. The number of carbonyl (C=O) groups excluding carboxylic acids is 1. The minimum atomic E-state index is -0.168. The average Bonchev–Trinajstić information content (AvgIpc) is 3.06. The lowest BCUT2D eigenvalue weighted by atomic mass is 10.2. The first-order valence-corrected chi connectivity index (χ1v) is 8.46. The molecule has 25 heavy (non-hydrogen) atoms. The van der Waals surface area contributed by atoms with Crippen molar-refractivity contribution in [2.45, 2.75) is 0 Å². The topological polar surface area (TPSA) is 70.7 Å². The minimum Gasteiger partial charge on any atom is -0.338 e. The molecule has 4 rings (SSSR count). The van der Waals surface area contributed by atoms with Crippen LogP contribution in [0.2, 0.25) is 0 Å². The van der Waals surface area contributed by atoms with Crippen molar-refractivity contribution in [1.82, 2.24) is 15.0 Å². The number of aromatic amines is 1. The SMILES string of the molecule is O=C(Nc1ccc2nc(-c3cccnc3)[nH]c2c1)c1ccccc1Br. The molecule has 0 aliphatic rings. The molecule has 2 aromatic carbocycles. The number of aromatic nitrogens is 3. The van der Waals surface area contributed by atoms with Crippen molar-refractivity contribution in [1.29, 1.82) is 0 Å². The third-order valence-corrected chi connectivity index (χ3v) is 4.48. The lowest BCUT2D eigenvalue weighted by Crippen LogP contribution is -2.12. The van der Waals surface area contributed by atoms with Crippen molar-refractivity contribution >= 4 is 38.6 Å². The molecule has 2 aromatic heterocycles. The number of anilines is 1. The highest BCUT2D eigenvalue weighted by molar-refractivity contribution is 9.10. The molecule has 0 aliphatic heterocycles. The summed E-state index contributed by atoms with van der Waals surface area (Å²) in [7, 11) is 0. The smallest absolute Gasteiger partial charge is 0.256 e. The third-order valence-electron chi connectivity index (χ3n) is 3.79. The van der Waals surface area contributed by atoms with Gasteiger partial charge in [-0.1, -0.05) is 12.1 Å². The number of hydrogen-bond donors (Lipinski definition) is 2. The van der Waals surface area contributed by atoms with Crippen LogP contribution in [0, 0.1) is 0 Å². The van der Waals surface area contributed by atoms with Gasteiger partial charge in [-0.25, -0.2) is 4.98 Å². The van der Waals surface area contributed by atoms with Crippen molar-refractivity contribution in [2.75, 3.05) is 5.32 Å². The van der Waals surface area contributed by atoms with Crippen LogP contribution in [0.4, 0.5) is 5.69 Å². The molecule has 6 heteroatoms. The van der Waals surface area contributed by atoms with Gasteiger partial charge in [0.1, 0.15) is 5.82 Å². The number of nitrogens with one attached hydrogen (secondary N) is 2. The number of fused-ring (bicyclic) bond motifs is 1. The van der Waals surface area contributed by atoms with E-state index in [9.17, 15) is 4.79 Å². The Morgan fingerprint density at radius 3 is 2.76 bits per heavy atom. The largest absolute Gasteiger partial charge is 0.338 e. The number of hydrogen-bond acceptors (Lipinski definition) is 3. The number of amides is 1. The summed E-state index contributed by atoms with van der Waals surface area (Å²) in [4.78, 5) is 24.4. The second kappa shape index (κ2) is 6.49. The maximum Gasteiger partial charge on any atom is 0.256 e. The molecule has 0 radical (unpaired) electrons. The monoisotopic (exact) mass is 392 g/mol. The maximum atomic E-state index is 12.4. The molecule has 2 heterocycles. The summed E-state index contributed by atoms with van der Waals surface area (Å²) in [5, 5.41) is 2.91. The highest BCUT2D eigenvalue weighted by Crippen LogP contribution is 2.23. The lowest BCUT2D eigenvalue weighted by Gasteiger charge is -2.06. The van der Waals surface area contributed by atoms with Gasteiger partial charge in [0, 0.05) is 28.1 Å². The van der Waals surface area contributed by atoms with Gasteiger partial charge in [0.2, 0.25) is 0 Å². The van der Waals surface area contributed by atoms with Crippen molar-refractivity contribution in [3.63, 3.8) is 0 Å². The van der Waals surface area contributed by atoms with Gasteiger partial charge in [0.05, 0.1) is 16.6 Å². The first-order valence-electron chi connectivity index (χ1n) is 7.67. The molecule has 0 unspecified atom stereocenters. The third kappa shape index (κ3) is 3.16. The molecule has 1 amide bonds. The molecule has 5 nitrogen and oxygen atoms in total. The Kier molecular flexibility index (Phi) is 4.03. The van der Waals surface area contributed by atoms with Crippen LogP contribution in [-0.2, 0) is 0 Å². The molecule has 0 saturated carbocycles. The fraction of sp³-hybridized carbons (Fsp3) is 0. The van der Waals surface area contributed by atoms with Crippen LogP contribution in [0.25, 0.3) is 22.4 Å². The molecular weight excluding hydrogens is 380 g/mol. The zero-order valence-electron chi connectivity index (χ0n) is 13.0. The number of halogens is 1. The predicted octanol–water partition coefficient (Wildman–Crippen LogP) is 4.64. The zero-order chi connectivity index (χ0) is 17.2. The van der Waals surface area contributed by atoms with Crippen LogP contribution in [0.1, 0.15) is 10.4 Å². The van der Waals surface area contributed by atoms with E-state index in [1.54, 1.807) is 18.5 Å². The van der Waals surface area contributed by atoms with Crippen molar-refractivity contribution in [3.05, 3.63) is 77.0 Å². The van der Waals surface area contributed by atoms with E-state index in [1.807, 2.05) is 48.5 Å². The van der Waals surface area contributed by atoms with E-state index in [-0.39, 0.29) is 5.91 Å². The van der Waals surface area contributed by atoms with E-state index in [0.717, 1.165) is 26.9 Å². The highest BCUT2D eigenvalue weighted by atomic mass is 79.9. The van der Waals surface area contributed by atoms with E-state index >= 15 is 0 Å². The number of nitrogens with zero attached hydrogens (tertiary/aromatic N) is 2. The summed E-state index contributed by atoms with van der Waals surface area (Å²) in [6.45, 7) is 0. The molecule has 0 saturated heterocycles. The Balaban J connectivity index is 1.63. The van der Waals surface area contributed by atoms with Gasteiger partial charge in [-0.3, -0.25) is 9.78 Å². The molecule has 122 valence electrons. The molecule has 0 atom stereocenters. The van der Waals surface area contributed by atoms with Gasteiger partial charge < -0.3 is 10.3 Å². The fourth-order valence-electron chi connectivity index (χ4n) is 2.57. The quantitative estimate of drug-likeness (QED) is 0.533. The first kappa shape index (κ1) is 15.5. The molecule has 0 aliphatic carbocycles. The van der Waals surface area contributed by atoms with Crippen molar-refractivity contribution < 1.29 is 4.79 Å². The standard InChI is InChI=1S/C19H13BrN4O/c20-15-6-2-1-5-14(15)19(25)22-13-7-8-16-17(10-13)24-18(23-16)12-4-3-9-21-11-12/h1-11H,(H,22,25)(H,23,24).